The molecule has 0 spiro atoms. The number of fused-ring (bicyclic) bond motifs is 1. The largest absolute Gasteiger partial charge is 0.492 e. The molecule has 1 saturated heterocycles. The first-order valence-corrected chi connectivity index (χ1v) is 10.8. The normalized spacial score (nSPS) is 17.6. The predicted molar refractivity (Wildman–Crippen MR) is 119 cm³/mol. The molecule has 1 aromatic heterocycles. The maximum Gasteiger partial charge on any atom is 0.269 e. The molecule has 0 N–H and O–H groups in total. The van der Waals surface area contributed by atoms with Gasteiger partial charge in [-0.25, -0.2) is 9.98 Å². The lowest BCUT2D eigenvalue weighted by Gasteiger charge is -2.22. The Labute approximate surface area is 178 Å². The summed E-state index contributed by atoms with van der Waals surface area (Å²) in [7, 11) is 0. The van der Waals surface area contributed by atoms with Crippen molar-refractivity contribution in [1.82, 2.24) is 14.5 Å². The molecule has 1 aliphatic rings. The fraction of sp³-hybridized carbons (Fsp3) is 0.273. The highest BCUT2D eigenvalue weighted by Crippen LogP contribution is 2.32. The van der Waals surface area contributed by atoms with Crippen molar-refractivity contribution in [1.29, 1.82) is 0 Å². The Hall–Kier alpha value is -3.13. The molecular formula is C22H22N4O3S. The molecule has 0 aliphatic carbocycles. The number of ether oxygens (including phenoxy) is 1. The van der Waals surface area contributed by atoms with Crippen LogP contribution in [0.25, 0.3) is 11.0 Å². The second-order valence-electron chi connectivity index (χ2n) is 6.89. The van der Waals surface area contributed by atoms with Crippen LogP contribution in [-0.4, -0.2) is 43.9 Å². The summed E-state index contributed by atoms with van der Waals surface area (Å²) >= 11 is 1.53. The zero-order valence-electron chi connectivity index (χ0n) is 16.8. The molecule has 0 bridgehead atoms. The van der Waals surface area contributed by atoms with E-state index in [4.69, 9.17) is 9.73 Å². The fourth-order valence-corrected chi connectivity index (χ4v) is 4.51. The van der Waals surface area contributed by atoms with Crippen molar-refractivity contribution in [2.45, 2.75) is 26.4 Å². The lowest BCUT2D eigenvalue weighted by atomic mass is 10.3. The van der Waals surface area contributed by atoms with Crippen molar-refractivity contribution >= 4 is 39.6 Å². The highest BCUT2D eigenvalue weighted by Gasteiger charge is 2.32. The van der Waals surface area contributed by atoms with Gasteiger partial charge in [-0.1, -0.05) is 36.0 Å². The van der Waals surface area contributed by atoms with Crippen LogP contribution >= 0.6 is 11.8 Å². The van der Waals surface area contributed by atoms with Gasteiger partial charge in [0.25, 0.3) is 5.56 Å². The molecule has 30 heavy (non-hydrogen) atoms. The van der Waals surface area contributed by atoms with Crippen molar-refractivity contribution in [3.63, 3.8) is 0 Å². The molecule has 7 nitrogen and oxygen atoms in total. The minimum absolute atomic E-state index is 0.0238. The van der Waals surface area contributed by atoms with Gasteiger partial charge in [0.2, 0.25) is 5.91 Å². The van der Waals surface area contributed by atoms with Crippen LogP contribution in [-0.2, 0) is 11.3 Å². The average Bonchev–Trinajstić information content (AvgIpc) is 3.12. The van der Waals surface area contributed by atoms with E-state index >= 15 is 0 Å². The van der Waals surface area contributed by atoms with Gasteiger partial charge in [-0.3, -0.25) is 19.1 Å². The Balaban J connectivity index is 1.67. The number of aromatic nitrogens is 2. The van der Waals surface area contributed by atoms with E-state index in [-0.39, 0.29) is 24.1 Å². The molecule has 2 heterocycles. The van der Waals surface area contributed by atoms with Crippen LogP contribution in [0, 0.1) is 0 Å². The Morgan fingerprint density at radius 1 is 1.23 bits per heavy atom. The number of aliphatic imine (C=N–C) groups is 1. The third-order valence-corrected chi connectivity index (χ3v) is 5.99. The van der Waals surface area contributed by atoms with Crippen LogP contribution < -0.4 is 10.3 Å². The van der Waals surface area contributed by atoms with Crippen LogP contribution in [0.1, 0.15) is 13.8 Å². The minimum Gasteiger partial charge on any atom is -0.492 e. The number of benzene rings is 2. The molecule has 8 heteroatoms. The van der Waals surface area contributed by atoms with E-state index in [0.717, 1.165) is 5.75 Å². The number of carbonyl (C=O) groups excluding carboxylic acids is 1. The van der Waals surface area contributed by atoms with E-state index < -0.39 is 0 Å². The molecule has 0 saturated carbocycles. The summed E-state index contributed by atoms with van der Waals surface area (Å²) in [4.78, 5) is 36.2. The van der Waals surface area contributed by atoms with E-state index in [1.54, 1.807) is 11.0 Å². The number of hydrogen-bond acceptors (Lipinski definition) is 6. The monoisotopic (exact) mass is 422 g/mol. The first-order chi connectivity index (χ1) is 14.6. The number of nitrogens with zero attached hydrogens (tertiary/aromatic N) is 4. The molecular weight excluding hydrogens is 400 g/mol. The number of amidine groups is 1. The topological polar surface area (TPSA) is 76.8 Å². The SMILES string of the molecule is CCOc1ccccc1N=C1SCC(C)N1C(=O)Cn1c(=O)cnc2ccccc21. The van der Waals surface area contributed by atoms with Crippen molar-refractivity contribution < 1.29 is 9.53 Å². The van der Waals surface area contributed by atoms with Crippen LogP contribution in [0.5, 0.6) is 5.75 Å². The van der Waals surface area contributed by atoms with E-state index in [1.165, 1.54) is 22.5 Å². The van der Waals surface area contributed by atoms with Gasteiger partial charge >= 0.3 is 0 Å². The van der Waals surface area contributed by atoms with Gasteiger partial charge in [0.05, 0.1) is 23.8 Å². The third-order valence-electron chi connectivity index (χ3n) is 4.80. The predicted octanol–water partition coefficient (Wildman–Crippen LogP) is 3.45. The zero-order valence-corrected chi connectivity index (χ0v) is 17.6. The quantitative estimate of drug-likeness (QED) is 0.629. The average molecular weight is 423 g/mol. The summed E-state index contributed by atoms with van der Waals surface area (Å²) in [5.41, 5.74) is 1.69. The van der Waals surface area contributed by atoms with Crippen molar-refractivity contribution in [3.05, 3.63) is 65.1 Å². The van der Waals surface area contributed by atoms with Gasteiger partial charge in [0, 0.05) is 11.8 Å². The second-order valence-corrected chi connectivity index (χ2v) is 7.88. The maximum absolute atomic E-state index is 13.3. The van der Waals surface area contributed by atoms with Crippen LogP contribution in [0.15, 0.2) is 64.5 Å². The van der Waals surface area contributed by atoms with Gasteiger partial charge in [-0.2, -0.15) is 0 Å². The van der Waals surface area contributed by atoms with Crippen molar-refractivity contribution in [2.24, 2.45) is 4.99 Å². The molecule has 2 aromatic carbocycles. The molecule has 154 valence electrons. The van der Waals surface area contributed by atoms with Crippen molar-refractivity contribution in [3.8, 4) is 5.75 Å². The Bertz CT molecular complexity index is 1170. The van der Waals surface area contributed by atoms with Crippen LogP contribution in [0.3, 0.4) is 0 Å². The van der Waals surface area contributed by atoms with Gasteiger partial charge in [0.1, 0.15) is 18.0 Å². The molecule has 3 aromatic rings. The fourth-order valence-electron chi connectivity index (χ4n) is 3.39. The lowest BCUT2D eigenvalue weighted by Crippen LogP contribution is -2.41. The zero-order chi connectivity index (χ0) is 21.1. The van der Waals surface area contributed by atoms with Crippen LogP contribution in [0.2, 0.25) is 0 Å². The summed E-state index contributed by atoms with van der Waals surface area (Å²) < 4.78 is 7.12. The Kier molecular flexibility index (Phi) is 5.85. The van der Waals surface area contributed by atoms with Gasteiger partial charge in [-0.15, -0.1) is 0 Å². The standard InChI is InChI=1S/C22H22N4O3S/c1-3-29-19-11-7-5-9-17(19)24-22-26(15(2)14-30-22)21(28)13-25-18-10-6-4-8-16(18)23-12-20(25)27/h4-12,15H,3,13-14H2,1-2H3. The summed E-state index contributed by atoms with van der Waals surface area (Å²) in [5, 5.41) is 0.617. The first-order valence-electron chi connectivity index (χ1n) is 9.78. The minimum atomic E-state index is -0.304. The molecule has 1 fully saturated rings. The Morgan fingerprint density at radius 2 is 2.00 bits per heavy atom. The van der Waals surface area contributed by atoms with E-state index in [0.29, 0.717) is 34.2 Å². The number of hydrogen-bond donors (Lipinski definition) is 0. The number of amides is 1. The molecule has 1 unspecified atom stereocenters. The first kappa shape index (κ1) is 20.2. The second kappa shape index (κ2) is 8.71. The molecule has 1 atom stereocenters. The molecule has 0 radical (unpaired) electrons. The molecule has 4 rings (SSSR count). The van der Waals surface area contributed by atoms with Gasteiger partial charge < -0.3 is 4.74 Å². The number of thioether (sulfide) groups is 1. The van der Waals surface area contributed by atoms with Crippen molar-refractivity contribution in [2.75, 3.05) is 12.4 Å². The summed E-state index contributed by atoms with van der Waals surface area (Å²) in [6, 6.07) is 14.8. The lowest BCUT2D eigenvalue weighted by molar-refractivity contribution is -0.128. The van der Waals surface area contributed by atoms with E-state index in [2.05, 4.69) is 4.98 Å². The Morgan fingerprint density at radius 3 is 2.83 bits per heavy atom. The summed E-state index contributed by atoms with van der Waals surface area (Å²) in [5.74, 6) is 1.24. The smallest absolute Gasteiger partial charge is 0.269 e. The molecule has 1 aliphatic heterocycles. The maximum atomic E-state index is 13.3. The number of carbonyl (C=O) groups is 1. The van der Waals surface area contributed by atoms with E-state index in [1.807, 2.05) is 56.3 Å². The highest BCUT2D eigenvalue weighted by atomic mass is 32.2. The highest BCUT2D eigenvalue weighted by molar-refractivity contribution is 8.14. The number of rotatable bonds is 5. The third kappa shape index (κ3) is 3.95. The van der Waals surface area contributed by atoms with Gasteiger partial charge in [-0.05, 0) is 38.1 Å². The van der Waals surface area contributed by atoms with Crippen LogP contribution in [0.4, 0.5) is 5.69 Å². The van der Waals surface area contributed by atoms with Gasteiger partial charge in [0.15, 0.2) is 5.17 Å². The molecule has 1 amide bonds. The summed E-state index contributed by atoms with van der Waals surface area (Å²) in [6.45, 7) is 4.36. The van der Waals surface area contributed by atoms with E-state index in [9.17, 15) is 9.59 Å². The summed E-state index contributed by atoms with van der Waals surface area (Å²) in [6.07, 6.45) is 1.26. The number of para-hydroxylation sites is 4.